The van der Waals surface area contributed by atoms with Gasteiger partial charge >= 0.3 is 0 Å². The Morgan fingerprint density at radius 2 is 1.63 bits per heavy atom. The van der Waals surface area contributed by atoms with E-state index in [2.05, 4.69) is 10.6 Å². The Kier molecular flexibility index (Phi) is 7.72. The van der Waals surface area contributed by atoms with Crippen molar-refractivity contribution in [3.63, 3.8) is 0 Å². The molecule has 0 saturated heterocycles. The summed E-state index contributed by atoms with van der Waals surface area (Å²) in [6.45, 7) is 1.29. The van der Waals surface area contributed by atoms with Crippen molar-refractivity contribution in [2.24, 2.45) is 0 Å². The number of hydrogen-bond donors (Lipinski definition) is 2. The first-order valence-electron chi connectivity index (χ1n) is 10.1. The van der Waals surface area contributed by atoms with Crippen molar-refractivity contribution in [1.82, 2.24) is 5.32 Å². The molecule has 3 rings (SSSR count). The van der Waals surface area contributed by atoms with E-state index in [4.69, 9.17) is 4.74 Å². The van der Waals surface area contributed by atoms with Gasteiger partial charge in [-0.15, -0.1) is 0 Å². The zero-order valence-corrected chi connectivity index (χ0v) is 16.0. The van der Waals surface area contributed by atoms with Crippen LogP contribution in [0.25, 0.3) is 0 Å². The minimum atomic E-state index is 0.0501. The molecular formula is C23H30N2O2. The average Bonchev–Trinajstić information content (AvgIpc) is 2.97. The summed E-state index contributed by atoms with van der Waals surface area (Å²) < 4.78 is 5.77. The second-order valence-corrected chi connectivity index (χ2v) is 7.24. The first kappa shape index (κ1) is 19.4. The van der Waals surface area contributed by atoms with Gasteiger partial charge in [0.1, 0.15) is 12.4 Å². The second-order valence-electron chi connectivity index (χ2n) is 7.24. The Bertz CT molecular complexity index is 677. The highest BCUT2D eigenvalue weighted by molar-refractivity contribution is 5.90. The van der Waals surface area contributed by atoms with Gasteiger partial charge in [-0.05, 0) is 42.7 Å². The third-order valence-corrected chi connectivity index (χ3v) is 5.03. The molecule has 1 aliphatic carbocycles. The molecule has 144 valence electrons. The fraction of sp³-hybridized carbons (Fsp3) is 0.435. The Balaban J connectivity index is 1.36. The highest BCUT2D eigenvalue weighted by atomic mass is 16.5. The van der Waals surface area contributed by atoms with Crippen LogP contribution in [0.2, 0.25) is 0 Å². The van der Waals surface area contributed by atoms with Crippen molar-refractivity contribution in [1.29, 1.82) is 0 Å². The number of rotatable bonds is 8. The molecule has 1 saturated carbocycles. The van der Waals surface area contributed by atoms with E-state index in [0.717, 1.165) is 23.5 Å². The first-order valence-corrected chi connectivity index (χ1v) is 10.1. The molecule has 0 atom stereocenters. The van der Waals surface area contributed by atoms with Crippen LogP contribution in [0.1, 0.15) is 50.5 Å². The second kappa shape index (κ2) is 10.7. The summed E-state index contributed by atoms with van der Waals surface area (Å²) in [4.78, 5) is 12.1. The molecule has 4 nitrogen and oxygen atoms in total. The van der Waals surface area contributed by atoms with Gasteiger partial charge < -0.3 is 15.4 Å². The van der Waals surface area contributed by atoms with E-state index in [1.54, 1.807) is 0 Å². The van der Waals surface area contributed by atoms with Crippen molar-refractivity contribution in [2.45, 2.75) is 57.6 Å². The number of amides is 1. The predicted molar refractivity (Wildman–Crippen MR) is 110 cm³/mol. The summed E-state index contributed by atoms with van der Waals surface area (Å²) in [6, 6.07) is 18.2. The van der Waals surface area contributed by atoms with Crippen LogP contribution < -0.4 is 15.4 Å². The lowest BCUT2D eigenvalue weighted by atomic mass is 10.1. The Morgan fingerprint density at radius 3 is 2.33 bits per heavy atom. The van der Waals surface area contributed by atoms with Gasteiger partial charge in [-0.25, -0.2) is 0 Å². The van der Waals surface area contributed by atoms with E-state index in [-0.39, 0.29) is 5.91 Å². The molecule has 0 aliphatic heterocycles. The van der Waals surface area contributed by atoms with Gasteiger partial charge in [0, 0.05) is 24.7 Å². The molecule has 0 heterocycles. The van der Waals surface area contributed by atoms with E-state index in [0.29, 0.717) is 19.1 Å². The molecule has 0 spiro atoms. The van der Waals surface area contributed by atoms with E-state index < -0.39 is 0 Å². The quantitative estimate of drug-likeness (QED) is 0.653. The number of nitrogens with one attached hydrogen (secondary N) is 2. The molecule has 1 amide bonds. The summed E-state index contributed by atoms with van der Waals surface area (Å²) in [7, 11) is 0. The molecule has 0 aromatic heterocycles. The lowest BCUT2D eigenvalue weighted by Gasteiger charge is -2.16. The molecule has 4 heteroatoms. The summed E-state index contributed by atoms with van der Waals surface area (Å²) in [5.41, 5.74) is 1.94. The molecule has 1 aliphatic rings. The maximum atomic E-state index is 12.1. The van der Waals surface area contributed by atoms with E-state index >= 15 is 0 Å². The molecule has 0 unspecified atom stereocenters. The highest BCUT2D eigenvalue weighted by Gasteiger charge is 2.12. The van der Waals surface area contributed by atoms with Gasteiger partial charge in [-0.1, -0.05) is 56.0 Å². The zero-order chi connectivity index (χ0) is 18.7. The first-order chi connectivity index (χ1) is 13.3. The van der Waals surface area contributed by atoms with Crippen LogP contribution in [0.4, 0.5) is 5.69 Å². The normalized spacial score (nSPS) is 15.1. The van der Waals surface area contributed by atoms with Gasteiger partial charge in [0.05, 0.1) is 0 Å². The van der Waals surface area contributed by atoms with Crippen LogP contribution in [0, 0.1) is 0 Å². The Hall–Kier alpha value is -2.33. The smallest absolute Gasteiger partial charge is 0.225 e. The topological polar surface area (TPSA) is 50.4 Å². The third kappa shape index (κ3) is 7.06. The minimum Gasteiger partial charge on any atom is -0.489 e. The monoisotopic (exact) mass is 366 g/mol. The molecule has 0 bridgehead atoms. The van der Waals surface area contributed by atoms with Crippen LogP contribution in [0.5, 0.6) is 5.75 Å². The number of carbonyl (C=O) groups excluding carboxylic acids is 1. The van der Waals surface area contributed by atoms with Crippen molar-refractivity contribution < 1.29 is 9.53 Å². The highest BCUT2D eigenvalue weighted by Crippen LogP contribution is 2.18. The number of benzene rings is 2. The van der Waals surface area contributed by atoms with Crippen molar-refractivity contribution in [3.8, 4) is 5.75 Å². The van der Waals surface area contributed by atoms with Gasteiger partial charge in [0.25, 0.3) is 0 Å². The molecule has 1 fully saturated rings. The van der Waals surface area contributed by atoms with Gasteiger partial charge in [0.15, 0.2) is 0 Å². The standard InChI is InChI=1S/C23H30N2O2/c26-23(16-17-24-20-10-6-1-2-7-11-20)25-21-12-14-22(15-13-21)27-18-19-8-4-3-5-9-19/h3-5,8-9,12-15,20,24H,1-2,6-7,10-11,16-18H2,(H,25,26). The fourth-order valence-corrected chi connectivity index (χ4v) is 3.47. The van der Waals surface area contributed by atoms with Gasteiger partial charge in [0.2, 0.25) is 5.91 Å². The Morgan fingerprint density at radius 1 is 0.926 bits per heavy atom. The van der Waals surface area contributed by atoms with Gasteiger partial charge in [-0.3, -0.25) is 4.79 Å². The predicted octanol–water partition coefficient (Wildman–Crippen LogP) is 4.91. The number of hydrogen-bond acceptors (Lipinski definition) is 3. The van der Waals surface area contributed by atoms with Crippen LogP contribution in [0.15, 0.2) is 54.6 Å². The summed E-state index contributed by atoms with van der Waals surface area (Å²) in [5.74, 6) is 0.848. The average molecular weight is 367 g/mol. The molecule has 27 heavy (non-hydrogen) atoms. The number of carbonyl (C=O) groups is 1. The largest absolute Gasteiger partial charge is 0.489 e. The maximum absolute atomic E-state index is 12.1. The molecule has 0 radical (unpaired) electrons. The van der Waals surface area contributed by atoms with Crippen LogP contribution in [-0.2, 0) is 11.4 Å². The number of ether oxygens (including phenoxy) is 1. The molecule has 2 N–H and O–H groups in total. The third-order valence-electron chi connectivity index (χ3n) is 5.03. The van der Waals surface area contributed by atoms with Crippen molar-refractivity contribution >= 4 is 11.6 Å². The summed E-state index contributed by atoms with van der Waals surface area (Å²) in [5, 5.41) is 6.50. The lowest BCUT2D eigenvalue weighted by Crippen LogP contribution is -2.31. The molecule has 2 aromatic rings. The molecular weight excluding hydrogens is 336 g/mol. The Labute approximate surface area is 162 Å². The van der Waals surface area contributed by atoms with Crippen LogP contribution >= 0.6 is 0 Å². The number of anilines is 1. The van der Waals surface area contributed by atoms with Crippen LogP contribution in [0.3, 0.4) is 0 Å². The van der Waals surface area contributed by atoms with Crippen molar-refractivity contribution in [2.75, 3.05) is 11.9 Å². The summed E-state index contributed by atoms with van der Waals surface area (Å²) >= 11 is 0. The van der Waals surface area contributed by atoms with E-state index in [1.807, 2.05) is 54.6 Å². The van der Waals surface area contributed by atoms with Crippen molar-refractivity contribution in [3.05, 3.63) is 60.2 Å². The van der Waals surface area contributed by atoms with E-state index in [9.17, 15) is 4.79 Å². The van der Waals surface area contributed by atoms with Crippen LogP contribution in [-0.4, -0.2) is 18.5 Å². The zero-order valence-electron chi connectivity index (χ0n) is 16.0. The fourth-order valence-electron chi connectivity index (χ4n) is 3.47. The minimum absolute atomic E-state index is 0.0501. The SMILES string of the molecule is O=C(CCNC1CCCCCC1)Nc1ccc(OCc2ccccc2)cc1. The van der Waals surface area contributed by atoms with Gasteiger partial charge in [-0.2, -0.15) is 0 Å². The maximum Gasteiger partial charge on any atom is 0.225 e. The summed E-state index contributed by atoms with van der Waals surface area (Å²) in [6.07, 6.45) is 8.31. The van der Waals surface area contributed by atoms with E-state index in [1.165, 1.54) is 38.5 Å². The lowest BCUT2D eigenvalue weighted by molar-refractivity contribution is -0.116. The molecule has 2 aromatic carbocycles.